The Kier molecular flexibility index (Phi) is 2.83. The summed E-state index contributed by atoms with van der Waals surface area (Å²) in [6.45, 7) is 0.249. The zero-order chi connectivity index (χ0) is 10.8. The maximum Gasteiger partial charge on any atom is 0.253 e. The van der Waals surface area contributed by atoms with E-state index < -0.39 is 0 Å². The average molecular weight is 225 g/mol. The van der Waals surface area contributed by atoms with Crippen molar-refractivity contribution in [1.82, 2.24) is 4.90 Å². The van der Waals surface area contributed by atoms with Gasteiger partial charge in [0.15, 0.2) is 0 Å². The van der Waals surface area contributed by atoms with E-state index in [4.69, 9.17) is 8.92 Å². The molecule has 2 rings (SSSR count). The maximum atomic E-state index is 11.7. The first kappa shape index (κ1) is 10.3. The van der Waals surface area contributed by atoms with Crippen molar-refractivity contribution in [2.45, 2.75) is 4.90 Å². The number of nitrogens with zero attached hydrogens (tertiary/aromatic N) is 1. The molecule has 0 N–H and O–H groups in total. The van der Waals surface area contributed by atoms with Gasteiger partial charge in [0.25, 0.3) is 5.91 Å². The highest BCUT2D eigenvalue weighted by Gasteiger charge is 2.15. The van der Waals surface area contributed by atoms with Crippen LogP contribution in [0.1, 0.15) is 10.4 Å². The number of fused-ring (bicyclic) bond motifs is 1. The van der Waals surface area contributed by atoms with E-state index in [2.05, 4.69) is 0 Å². The van der Waals surface area contributed by atoms with Crippen LogP contribution in [-0.4, -0.2) is 31.7 Å². The molecular weight excluding hydrogens is 214 g/mol. The molecule has 0 radical (unpaired) electrons. The van der Waals surface area contributed by atoms with Crippen molar-refractivity contribution in [3.05, 3.63) is 23.8 Å². The number of carbonyl (C=O) groups is 1. The lowest BCUT2D eigenvalue weighted by Crippen LogP contribution is -2.21. The van der Waals surface area contributed by atoms with E-state index in [1.165, 1.54) is 16.9 Å². The van der Waals surface area contributed by atoms with Crippen molar-refractivity contribution in [3.8, 4) is 5.75 Å². The molecule has 0 saturated carbocycles. The Labute approximate surface area is 92.4 Å². The summed E-state index contributed by atoms with van der Waals surface area (Å²) in [6, 6.07) is 5.33. The van der Waals surface area contributed by atoms with Crippen molar-refractivity contribution >= 4 is 17.9 Å². The number of hydrogen-bond donors (Lipinski definition) is 0. The highest BCUT2D eigenvalue weighted by molar-refractivity contribution is 7.94. The van der Waals surface area contributed by atoms with Crippen LogP contribution < -0.4 is 4.74 Å². The summed E-state index contributed by atoms with van der Waals surface area (Å²) in [5.41, 5.74) is 0.639. The van der Waals surface area contributed by atoms with Crippen LogP contribution in [0.3, 0.4) is 0 Å². The van der Waals surface area contributed by atoms with E-state index >= 15 is 0 Å². The van der Waals surface area contributed by atoms with Crippen molar-refractivity contribution < 1.29 is 13.7 Å². The topological polar surface area (TPSA) is 38.8 Å². The zero-order valence-corrected chi connectivity index (χ0v) is 9.34. The van der Waals surface area contributed by atoms with Crippen LogP contribution in [0.2, 0.25) is 0 Å². The summed E-state index contributed by atoms with van der Waals surface area (Å²) in [4.78, 5) is 14.0. The highest BCUT2D eigenvalue weighted by Crippen LogP contribution is 2.34. The second kappa shape index (κ2) is 4.12. The number of ether oxygens (including phenoxy) is 1. The molecule has 15 heavy (non-hydrogen) atoms. The van der Waals surface area contributed by atoms with Crippen LogP contribution in [-0.2, 0) is 4.18 Å². The first-order valence-electron chi connectivity index (χ1n) is 4.46. The molecule has 5 heteroatoms. The summed E-state index contributed by atoms with van der Waals surface area (Å²) in [6.07, 6.45) is 0. The van der Waals surface area contributed by atoms with Crippen LogP contribution in [0.15, 0.2) is 23.1 Å². The summed E-state index contributed by atoms with van der Waals surface area (Å²) >= 11 is 1.24. The third-order valence-corrected chi connectivity index (χ3v) is 2.72. The maximum absolute atomic E-state index is 11.7. The Bertz CT molecular complexity index is 392. The molecule has 0 fully saturated rings. The van der Waals surface area contributed by atoms with Gasteiger partial charge < -0.3 is 9.64 Å². The molecule has 0 aromatic heterocycles. The van der Waals surface area contributed by atoms with Crippen LogP contribution in [0.4, 0.5) is 0 Å². The molecule has 4 nitrogen and oxygen atoms in total. The molecule has 0 saturated heterocycles. The zero-order valence-electron chi connectivity index (χ0n) is 8.52. The van der Waals surface area contributed by atoms with Crippen molar-refractivity contribution in [2.24, 2.45) is 0 Å². The van der Waals surface area contributed by atoms with Crippen molar-refractivity contribution in [2.75, 3.05) is 20.9 Å². The number of carbonyl (C=O) groups excluding carboxylic acids is 1. The number of rotatable bonds is 1. The third kappa shape index (κ3) is 2.08. The molecule has 1 amide bonds. The normalized spacial score (nSPS) is 14.0. The van der Waals surface area contributed by atoms with E-state index in [1.54, 1.807) is 32.3 Å². The van der Waals surface area contributed by atoms with Crippen LogP contribution in [0.5, 0.6) is 5.75 Å². The van der Waals surface area contributed by atoms with E-state index in [0.29, 0.717) is 5.56 Å². The van der Waals surface area contributed by atoms with Crippen molar-refractivity contribution in [1.29, 1.82) is 0 Å². The molecule has 80 valence electrons. The van der Waals surface area contributed by atoms with Gasteiger partial charge in [0, 0.05) is 31.7 Å². The van der Waals surface area contributed by atoms with E-state index in [1.807, 2.05) is 0 Å². The van der Waals surface area contributed by atoms with Gasteiger partial charge in [-0.05, 0) is 18.2 Å². The highest BCUT2D eigenvalue weighted by atomic mass is 32.2. The lowest BCUT2D eigenvalue weighted by molar-refractivity contribution is 0.0827. The second-order valence-electron chi connectivity index (χ2n) is 3.32. The number of amides is 1. The van der Waals surface area contributed by atoms with Gasteiger partial charge in [-0.15, -0.1) is 0 Å². The Morgan fingerprint density at radius 1 is 1.47 bits per heavy atom. The minimum Gasteiger partial charge on any atom is -0.465 e. The van der Waals surface area contributed by atoms with Crippen LogP contribution >= 0.6 is 12.0 Å². The molecule has 1 heterocycles. The molecule has 0 spiro atoms. The molecule has 0 aliphatic carbocycles. The Morgan fingerprint density at radius 3 is 3.00 bits per heavy atom. The SMILES string of the molecule is CN(C)C(=O)c1ccc2c(c1)SOCO2. The van der Waals surface area contributed by atoms with Gasteiger partial charge in [-0.1, -0.05) is 0 Å². The monoisotopic (exact) mass is 225 g/mol. The molecule has 0 bridgehead atoms. The number of hydrogen-bond acceptors (Lipinski definition) is 4. The fourth-order valence-electron chi connectivity index (χ4n) is 1.26. The molecule has 1 aliphatic rings. The quantitative estimate of drug-likeness (QED) is 0.683. The summed E-state index contributed by atoms with van der Waals surface area (Å²) < 4.78 is 10.3. The van der Waals surface area contributed by atoms with E-state index in [9.17, 15) is 4.79 Å². The minimum absolute atomic E-state index is 0.0241. The molecule has 1 aliphatic heterocycles. The average Bonchev–Trinajstić information content (AvgIpc) is 2.27. The molecular formula is C10H11NO3S. The smallest absolute Gasteiger partial charge is 0.253 e. The van der Waals surface area contributed by atoms with Gasteiger partial charge in [0.2, 0.25) is 6.79 Å². The molecule has 1 aromatic carbocycles. The van der Waals surface area contributed by atoms with E-state index in [0.717, 1.165) is 10.6 Å². The summed E-state index contributed by atoms with van der Waals surface area (Å²) in [5.74, 6) is 0.741. The standard InChI is InChI=1S/C10H11NO3S/c1-11(2)10(12)7-3-4-8-9(5-7)15-14-6-13-8/h3-5H,6H2,1-2H3. The lowest BCUT2D eigenvalue weighted by atomic mass is 10.2. The van der Waals surface area contributed by atoms with Crippen LogP contribution in [0.25, 0.3) is 0 Å². The van der Waals surface area contributed by atoms with Gasteiger partial charge >= 0.3 is 0 Å². The summed E-state index contributed by atoms with van der Waals surface area (Å²) in [7, 11) is 3.45. The Hall–Kier alpha value is -1.20. The van der Waals surface area contributed by atoms with Gasteiger partial charge in [-0.3, -0.25) is 8.98 Å². The lowest BCUT2D eigenvalue weighted by Gasteiger charge is -2.17. The minimum atomic E-state index is -0.0241. The first-order valence-corrected chi connectivity index (χ1v) is 5.20. The molecule has 0 atom stereocenters. The fraction of sp³-hybridized carbons (Fsp3) is 0.300. The van der Waals surface area contributed by atoms with Gasteiger partial charge in [0.1, 0.15) is 5.75 Å². The predicted molar refractivity (Wildman–Crippen MR) is 56.9 cm³/mol. The van der Waals surface area contributed by atoms with Gasteiger partial charge in [0.05, 0.1) is 4.90 Å². The second-order valence-corrected chi connectivity index (χ2v) is 4.17. The van der Waals surface area contributed by atoms with Crippen LogP contribution in [0, 0.1) is 0 Å². The van der Waals surface area contributed by atoms with Gasteiger partial charge in [-0.2, -0.15) is 0 Å². The predicted octanol–water partition coefficient (Wildman–Crippen LogP) is 1.76. The van der Waals surface area contributed by atoms with E-state index in [-0.39, 0.29) is 12.7 Å². The third-order valence-electron chi connectivity index (χ3n) is 2.01. The first-order chi connectivity index (χ1) is 7.18. The molecule has 0 unspecified atom stereocenters. The van der Waals surface area contributed by atoms with Gasteiger partial charge in [-0.25, -0.2) is 0 Å². The fourth-order valence-corrected chi connectivity index (χ4v) is 1.87. The molecule has 1 aromatic rings. The van der Waals surface area contributed by atoms with Crippen molar-refractivity contribution in [3.63, 3.8) is 0 Å². The largest absolute Gasteiger partial charge is 0.465 e. The Morgan fingerprint density at radius 2 is 2.27 bits per heavy atom. The summed E-state index contributed by atoms with van der Waals surface area (Å²) in [5, 5.41) is 0. The Balaban J connectivity index is 2.32. The number of benzene rings is 1.